The van der Waals surface area contributed by atoms with E-state index in [1.54, 1.807) is 32.0 Å². The van der Waals surface area contributed by atoms with Crippen LogP contribution in [0.4, 0.5) is 20.4 Å². The standard InChI is InChI=1S/C25H23F2N7O3/c1-3-37-18(35)8-9-25(2)19-21(28)30-24(32-22(19)31-23(25)36)34-17-11-14(26)12-29-20(17)16(33-34)10-13-6-4-5-7-15(13)27/h4-7,11-12H,3,8-10H2,1-2H3,(H3,28,30,31,32,36). The summed E-state index contributed by atoms with van der Waals surface area (Å²) in [5.74, 6) is -1.68. The number of rotatable bonds is 7. The van der Waals surface area contributed by atoms with Crippen LogP contribution in [0.15, 0.2) is 36.5 Å². The fraction of sp³-hybridized carbons (Fsp3) is 0.280. The normalized spacial score (nSPS) is 16.6. The number of hydrogen-bond donors (Lipinski definition) is 2. The lowest BCUT2D eigenvalue weighted by Gasteiger charge is -2.22. The van der Waals surface area contributed by atoms with Crippen molar-refractivity contribution in [1.82, 2.24) is 24.7 Å². The quantitative estimate of drug-likeness (QED) is 0.364. The molecule has 1 atom stereocenters. The number of aromatic nitrogens is 5. The molecule has 0 aliphatic carbocycles. The van der Waals surface area contributed by atoms with Gasteiger partial charge in [-0.3, -0.25) is 9.59 Å². The first-order valence-electron chi connectivity index (χ1n) is 11.6. The largest absolute Gasteiger partial charge is 0.466 e. The lowest BCUT2D eigenvalue weighted by atomic mass is 9.80. The van der Waals surface area contributed by atoms with Gasteiger partial charge in [0.05, 0.1) is 35.0 Å². The van der Waals surface area contributed by atoms with Crippen LogP contribution in [0.2, 0.25) is 0 Å². The highest BCUT2D eigenvalue weighted by Crippen LogP contribution is 2.43. The minimum absolute atomic E-state index is 0.00649. The van der Waals surface area contributed by atoms with Crippen LogP contribution in [0.3, 0.4) is 0 Å². The highest BCUT2D eigenvalue weighted by Gasteiger charge is 2.46. The van der Waals surface area contributed by atoms with Gasteiger partial charge in [-0.05, 0) is 31.9 Å². The molecule has 3 aromatic heterocycles. The highest BCUT2D eigenvalue weighted by atomic mass is 19.1. The smallest absolute Gasteiger partial charge is 0.305 e. The van der Waals surface area contributed by atoms with Crippen LogP contribution in [0, 0.1) is 11.6 Å². The number of fused-ring (bicyclic) bond motifs is 2. The molecule has 37 heavy (non-hydrogen) atoms. The molecule has 190 valence electrons. The van der Waals surface area contributed by atoms with Gasteiger partial charge in [0.2, 0.25) is 5.91 Å². The first-order valence-corrected chi connectivity index (χ1v) is 11.6. The van der Waals surface area contributed by atoms with Gasteiger partial charge in [-0.2, -0.15) is 19.7 Å². The number of carbonyl (C=O) groups excluding carboxylic acids is 2. The Morgan fingerprint density at radius 1 is 1.24 bits per heavy atom. The number of hydrogen-bond acceptors (Lipinski definition) is 8. The van der Waals surface area contributed by atoms with Gasteiger partial charge in [-0.1, -0.05) is 18.2 Å². The maximum atomic E-state index is 14.3. The van der Waals surface area contributed by atoms with Crippen molar-refractivity contribution >= 4 is 34.5 Å². The number of nitrogens with one attached hydrogen (secondary N) is 1. The van der Waals surface area contributed by atoms with Crippen molar-refractivity contribution in [3.63, 3.8) is 0 Å². The van der Waals surface area contributed by atoms with Crippen LogP contribution in [0.1, 0.15) is 43.5 Å². The number of nitrogen functional groups attached to an aromatic ring is 1. The molecule has 1 aliphatic rings. The maximum Gasteiger partial charge on any atom is 0.305 e. The molecule has 0 bridgehead atoms. The minimum atomic E-state index is -1.15. The van der Waals surface area contributed by atoms with Gasteiger partial charge in [-0.25, -0.2) is 13.8 Å². The Bertz CT molecular complexity index is 1560. The number of carbonyl (C=O) groups is 2. The summed E-state index contributed by atoms with van der Waals surface area (Å²) in [6, 6.07) is 7.47. The average molecular weight is 508 g/mol. The number of nitrogens with two attached hydrogens (primary N) is 1. The van der Waals surface area contributed by atoms with E-state index < -0.39 is 23.0 Å². The molecule has 0 fully saturated rings. The third-order valence-electron chi connectivity index (χ3n) is 6.41. The van der Waals surface area contributed by atoms with E-state index in [-0.39, 0.29) is 54.9 Å². The molecule has 4 aromatic rings. The van der Waals surface area contributed by atoms with Gasteiger partial charge < -0.3 is 15.8 Å². The molecule has 1 amide bonds. The molecule has 1 aromatic carbocycles. The van der Waals surface area contributed by atoms with E-state index in [1.165, 1.54) is 16.8 Å². The molecule has 10 nitrogen and oxygen atoms in total. The van der Waals surface area contributed by atoms with Crippen LogP contribution in [0.25, 0.3) is 17.0 Å². The summed E-state index contributed by atoms with van der Waals surface area (Å²) in [7, 11) is 0. The predicted molar refractivity (Wildman–Crippen MR) is 130 cm³/mol. The Labute approximate surface area is 209 Å². The number of anilines is 2. The average Bonchev–Trinajstić information content (AvgIpc) is 3.33. The molecular weight excluding hydrogens is 484 g/mol. The van der Waals surface area contributed by atoms with E-state index in [0.29, 0.717) is 22.3 Å². The summed E-state index contributed by atoms with van der Waals surface area (Å²) < 4.78 is 34.7. The molecule has 12 heteroatoms. The zero-order valence-electron chi connectivity index (χ0n) is 20.1. The molecule has 0 spiro atoms. The summed E-state index contributed by atoms with van der Waals surface area (Å²) >= 11 is 0. The fourth-order valence-electron chi connectivity index (χ4n) is 4.51. The number of ether oxygens (including phenoxy) is 1. The molecule has 0 saturated carbocycles. The van der Waals surface area contributed by atoms with Crippen molar-refractivity contribution in [2.45, 2.75) is 38.5 Å². The van der Waals surface area contributed by atoms with Gasteiger partial charge in [0.1, 0.15) is 28.8 Å². The Morgan fingerprint density at radius 2 is 2.03 bits per heavy atom. The summed E-state index contributed by atoms with van der Waals surface area (Å²) in [5.41, 5.74) is 6.87. The van der Waals surface area contributed by atoms with Crippen LogP contribution in [-0.4, -0.2) is 43.2 Å². The zero-order chi connectivity index (χ0) is 26.3. The van der Waals surface area contributed by atoms with Crippen molar-refractivity contribution in [3.8, 4) is 5.95 Å². The summed E-state index contributed by atoms with van der Waals surface area (Å²) in [4.78, 5) is 37.8. The van der Waals surface area contributed by atoms with E-state index in [2.05, 4.69) is 25.4 Å². The molecular formula is C25H23F2N7O3. The number of halogens is 2. The van der Waals surface area contributed by atoms with E-state index in [9.17, 15) is 18.4 Å². The van der Waals surface area contributed by atoms with Crippen LogP contribution in [0.5, 0.6) is 0 Å². The van der Waals surface area contributed by atoms with E-state index in [4.69, 9.17) is 10.5 Å². The number of amides is 1. The molecule has 4 heterocycles. The van der Waals surface area contributed by atoms with Crippen LogP contribution >= 0.6 is 0 Å². The molecule has 1 unspecified atom stereocenters. The van der Waals surface area contributed by atoms with Crippen LogP contribution in [-0.2, 0) is 26.2 Å². The Morgan fingerprint density at radius 3 is 2.78 bits per heavy atom. The molecule has 1 aliphatic heterocycles. The number of esters is 1. The minimum Gasteiger partial charge on any atom is -0.466 e. The second-order valence-electron chi connectivity index (χ2n) is 8.87. The highest BCUT2D eigenvalue weighted by molar-refractivity contribution is 6.06. The first kappa shape index (κ1) is 24.2. The van der Waals surface area contributed by atoms with Gasteiger partial charge >= 0.3 is 5.97 Å². The fourth-order valence-corrected chi connectivity index (χ4v) is 4.51. The van der Waals surface area contributed by atoms with Gasteiger partial charge in [0.15, 0.2) is 0 Å². The van der Waals surface area contributed by atoms with Crippen LogP contribution < -0.4 is 11.1 Å². The van der Waals surface area contributed by atoms with Crippen molar-refractivity contribution < 1.29 is 23.1 Å². The van der Waals surface area contributed by atoms with Crippen molar-refractivity contribution in [2.75, 3.05) is 17.7 Å². The summed E-state index contributed by atoms with van der Waals surface area (Å²) in [5, 5.41) is 7.21. The molecule has 0 saturated heterocycles. The first-order chi connectivity index (χ1) is 17.7. The lowest BCUT2D eigenvalue weighted by Crippen LogP contribution is -2.32. The molecule has 5 rings (SSSR count). The SMILES string of the molecule is CCOC(=O)CCC1(C)C(=O)Nc2nc(-n3nc(Cc4ccccc4F)c4ncc(F)cc43)nc(N)c21. The third kappa shape index (κ3) is 4.24. The van der Waals surface area contributed by atoms with E-state index in [0.717, 1.165) is 6.20 Å². The number of pyridine rings is 1. The second kappa shape index (κ2) is 9.19. The number of nitrogens with zero attached hydrogens (tertiary/aromatic N) is 5. The van der Waals surface area contributed by atoms with Crippen molar-refractivity contribution in [1.29, 1.82) is 0 Å². The Kier molecular flexibility index (Phi) is 6.02. The lowest BCUT2D eigenvalue weighted by molar-refractivity contribution is -0.143. The maximum absolute atomic E-state index is 14.3. The van der Waals surface area contributed by atoms with E-state index >= 15 is 0 Å². The Hall–Kier alpha value is -4.48. The molecule has 3 N–H and O–H groups in total. The predicted octanol–water partition coefficient (Wildman–Crippen LogP) is 3.21. The summed E-state index contributed by atoms with van der Waals surface area (Å²) in [6.45, 7) is 3.59. The Balaban J connectivity index is 1.57. The van der Waals surface area contributed by atoms with Gasteiger partial charge in [0.25, 0.3) is 5.95 Å². The van der Waals surface area contributed by atoms with Gasteiger partial charge in [0, 0.05) is 18.9 Å². The molecule has 0 radical (unpaired) electrons. The van der Waals surface area contributed by atoms with Crippen molar-refractivity contribution in [3.05, 3.63) is 65.0 Å². The monoisotopic (exact) mass is 507 g/mol. The van der Waals surface area contributed by atoms with Gasteiger partial charge in [-0.15, -0.1) is 0 Å². The second-order valence-corrected chi connectivity index (χ2v) is 8.87. The third-order valence-corrected chi connectivity index (χ3v) is 6.41. The van der Waals surface area contributed by atoms with E-state index in [1.807, 2.05) is 0 Å². The number of benzene rings is 1. The topological polar surface area (TPSA) is 138 Å². The van der Waals surface area contributed by atoms with Crippen molar-refractivity contribution in [2.24, 2.45) is 0 Å². The zero-order valence-corrected chi connectivity index (χ0v) is 20.1. The summed E-state index contributed by atoms with van der Waals surface area (Å²) in [6.07, 6.45) is 1.29.